The van der Waals surface area contributed by atoms with E-state index in [4.69, 9.17) is 5.73 Å². The molecule has 0 aromatic heterocycles. The van der Waals surface area contributed by atoms with Crippen LogP contribution < -0.4 is 16.4 Å². The lowest BCUT2D eigenvalue weighted by molar-refractivity contribution is -0.127. The lowest BCUT2D eigenvalue weighted by atomic mass is 10.00. The van der Waals surface area contributed by atoms with Crippen molar-refractivity contribution in [3.63, 3.8) is 0 Å². The van der Waals surface area contributed by atoms with Gasteiger partial charge in [-0.3, -0.25) is 9.59 Å². The molecule has 0 saturated carbocycles. The topological polar surface area (TPSA) is 84.2 Å². The Labute approximate surface area is 83.4 Å². The fraction of sp³-hybridized carbons (Fsp3) is 0.778. The fourth-order valence-electron chi connectivity index (χ4n) is 1.60. The first-order chi connectivity index (χ1) is 6.70. The Balaban J connectivity index is 2.30. The summed E-state index contributed by atoms with van der Waals surface area (Å²) in [5.41, 5.74) is 4.94. The summed E-state index contributed by atoms with van der Waals surface area (Å²) in [4.78, 5) is 22.0. The number of hydrogen-bond donors (Lipinski definition) is 3. The van der Waals surface area contributed by atoms with E-state index in [1.807, 2.05) is 0 Å². The fourth-order valence-corrected chi connectivity index (χ4v) is 1.60. The van der Waals surface area contributed by atoms with Gasteiger partial charge in [0.1, 0.15) is 0 Å². The monoisotopic (exact) mass is 199 g/mol. The summed E-state index contributed by atoms with van der Waals surface area (Å²) >= 11 is 0. The number of primary amides is 1. The quantitative estimate of drug-likeness (QED) is 0.544. The van der Waals surface area contributed by atoms with E-state index in [9.17, 15) is 9.59 Å². The van der Waals surface area contributed by atoms with Crippen molar-refractivity contribution in [2.24, 2.45) is 11.7 Å². The van der Waals surface area contributed by atoms with Crippen LogP contribution in [0, 0.1) is 5.92 Å². The Hall–Kier alpha value is -1.10. The average molecular weight is 199 g/mol. The molecule has 0 aromatic carbocycles. The first-order valence-corrected chi connectivity index (χ1v) is 4.97. The number of carbonyl (C=O) groups excluding carboxylic acids is 2. The standard InChI is InChI=1S/C9H17N3O2/c10-8(13)6-12-9(14)7-2-1-4-11-5-3-7/h7,11H,1-6H2,(H2,10,13)(H,12,14). The van der Waals surface area contributed by atoms with Crippen molar-refractivity contribution in [3.8, 4) is 0 Å². The first-order valence-electron chi connectivity index (χ1n) is 4.97. The number of amides is 2. The molecule has 1 rings (SSSR count). The maximum Gasteiger partial charge on any atom is 0.236 e. The molecule has 1 unspecified atom stereocenters. The molecule has 1 atom stereocenters. The van der Waals surface area contributed by atoms with Gasteiger partial charge in [0.15, 0.2) is 0 Å². The Morgan fingerprint density at radius 1 is 1.36 bits per heavy atom. The zero-order valence-electron chi connectivity index (χ0n) is 8.21. The van der Waals surface area contributed by atoms with Crippen LogP contribution in [0.5, 0.6) is 0 Å². The van der Waals surface area contributed by atoms with Crippen LogP contribution >= 0.6 is 0 Å². The van der Waals surface area contributed by atoms with Gasteiger partial charge in [0.05, 0.1) is 6.54 Å². The SMILES string of the molecule is NC(=O)CNC(=O)C1CCCNCC1. The molecule has 5 nitrogen and oxygen atoms in total. The second-order valence-electron chi connectivity index (χ2n) is 3.56. The molecule has 0 radical (unpaired) electrons. The predicted molar refractivity (Wildman–Crippen MR) is 52.4 cm³/mol. The molecule has 5 heteroatoms. The van der Waals surface area contributed by atoms with Crippen LogP contribution in [0.25, 0.3) is 0 Å². The van der Waals surface area contributed by atoms with Gasteiger partial charge in [-0.1, -0.05) is 0 Å². The average Bonchev–Trinajstić information content (AvgIpc) is 2.42. The maximum absolute atomic E-state index is 11.5. The van der Waals surface area contributed by atoms with Gasteiger partial charge in [-0.15, -0.1) is 0 Å². The Morgan fingerprint density at radius 2 is 2.14 bits per heavy atom. The highest BCUT2D eigenvalue weighted by atomic mass is 16.2. The number of nitrogens with two attached hydrogens (primary N) is 1. The summed E-state index contributed by atoms with van der Waals surface area (Å²) in [5, 5.41) is 5.76. The second-order valence-corrected chi connectivity index (χ2v) is 3.56. The van der Waals surface area contributed by atoms with Gasteiger partial charge in [0.25, 0.3) is 0 Å². The number of rotatable bonds is 3. The van der Waals surface area contributed by atoms with Crippen LogP contribution in [0.2, 0.25) is 0 Å². The van der Waals surface area contributed by atoms with Crippen molar-refractivity contribution in [1.82, 2.24) is 10.6 Å². The van der Waals surface area contributed by atoms with E-state index in [-0.39, 0.29) is 18.4 Å². The Kier molecular flexibility index (Phi) is 4.39. The molecular weight excluding hydrogens is 182 g/mol. The van der Waals surface area contributed by atoms with Crippen molar-refractivity contribution in [1.29, 1.82) is 0 Å². The minimum absolute atomic E-state index is 0.0318. The molecule has 1 saturated heterocycles. The van der Waals surface area contributed by atoms with Crippen LogP contribution in [-0.2, 0) is 9.59 Å². The summed E-state index contributed by atoms with van der Waals surface area (Å²) in [5.74, 6) is -0.512. The molecule has 0 spiro atoms. The molecule has 1 aliphatic heterocycles. The highest BCUT2D eigenvalue weighted by Gasteiger charge is 2.19. The van der Waals surface area contributed by atoms with Gasteiger partial charge in [-0.25, -0.2) is 0 Å². The molecule has 2 amide bonds. The van der Waals surface area contributed by atoms with Crippen molar-refractivity contribution in [2.75, 3.05) is 19.6 Å². The normalized spacial score (nSPS) is 22.4. The second kappa shape index (κ2) is 5.59. The lowest BCUT2D eigenvalue weighted by Gasteiger charge is -2.12. The van der Waals surface area contributed by atoms with Crippen molar-refractivity contribution < 1.29 is 9.59 Å². The van der Waals surface area contributed by atoms with Crippen molar-refractivity contribution in [3.05, 3.63) is 0 Å². The van der Waals surface area contributed by atoms with E-state index in [1.54, 1.807) is 0 Å². The maximum atomic E-state index is 11.5. The molecule has 1 heterocycles. The Bertz CT molecular complexity index is 210. The van der Waals surface area contributed by atoms with Crippen molar-refractivity contribution >= 4 is 11.8 Å². The van der Waals surface area contributed by atoms with Crippen LogP contribution in [-0.4, -0.2) is 31.4 Å². The van der Waals surface area contributed by atoms with Gasteiger partial charge >= 0.3 is 0 Å². The third kappa shape index (κ3) is 3.74. The molecule has 80 valence electrons. The zero-order valence-corrected chi connectivity index (χ0v) is 8.21. The van der Waals surface area contributed by atoms with Crippen LogP contribution in [0.15, 0.2) is 0 Å². The van der Waals surface area contributed by atoms with E-state index in [0.29, 0.717) is 0 Å². The highest BCUT2D eigenvalue weighted by Crippen LogP contribution is 2.13. The molecule has 0 bridgehead atoms. The minimum Gasteiger partial charge on any atom is -0.368 e. The van der Waals surface area contributed by atoms with Crippen LogP contribution in [0.1, 0.15) is 19.3 Å². The van der Waals surface area contributed by atoms with Crippen LogP contribution in [0.3, 0.4) is 0 Å². The van der Waals surface area contributed by atoms with Gasteiger partial charge in [0, 0.05) is 5.92 Å². The minimum atomic E-state index is -0.495. The third-order valence-electron chi connectivity index (χ3n) is 2.38. The van der Waals surface area contributed by atoms with Gasteiger partial charge in [-0.2, -0.15) is 0 Å². The van der Waals surface area contributed by atoms with E-state index in [2.05, 4.69) is 10.6 Å². The van der Waals surface area contributed by atoms with Gasteiger partial charge in [0.2, 0.25) is 11.8 Å². The third-order valence-corrected chi connectivity index (χ3v) is 2.38. The molecule has 0 aromatic rings. The summed E-state index contributed by atoms with van der Waals surface area (Å²) in [7, 11) is 0. The van der Waals surface area contributed by atoms with Gasteiger partial charge < -0.3 is 16.4 Å². The lowest BCUT2D eigenvalue weighted by Crippen LogP contribution is -2.37. The summed E-state index contributed by atoms with van der Waals surface area (Å²) in [6.07, 6.45) is 2.73. The van der Waals surface area contributed by atoms with E-state index >= 15 is 0 Å². The summed E-state index contributed by atoms with van der Waals surface area (Å²) in [6.45, 7) is 1.79. The first kappa shape index (κ1) is 11.0. The van der Waals surface area contributed by atoms with E-state index in [1.165, 1.54) is 0 Å². The number of hydrogen-bond acceptors (Lipinski definition) is 3. The molecule has 1 fully saturated rings. The Morgan fingerprint density at radius 3 is 2.86 bits per heavy atom. The molecule has 14 heavy (non-hydrogen) atoms. The zero-order chi connectivity index (χ0) is 10.4. The van der Waals surface area contributed by atoms with Crippen molar-refractivity contribution in [2.45, 2.75) is 19.3 Å². The van der Waals surface area contributed by atoms with Crippen LogP contribution in [0.4, 0.5) is 0 Å². The summed E-state index contributed by atoms with van der Waals surface area (Å²) < 4.78 is 0. The predicted octanol–water partition coefficient (Wildman–Crippen LogP) is -1.02. The number of nitrogens with one attached hydrogen (secondary N) is 2. The smallest absolute Gasteiger partial charge is 0.236 e. The number of carbonyl (C=O) groups is 2. The molecule has 1 aliphatic rings. The van der Waals surface area contributed by atoms with E-state index in [0.717, 1.165) is 32.4 Å². The largest absolute Gasteiger partial charge is 0.368 e. The van der Waals surface area contributed by atoms with E-state index < -0.39 is 5.91 Å². The summed E-state index contributed by atoms with van der Waals surface area (Å²) in [6, 6.07) is 0. The molecule has 4 N–H and O–H groups in total. The highest BCUT2D eigenvalue weighted by molar-refractivity contribution is 5.84. The van der Waals surface area contributed by atoms with Gasteiger partial charge in [-0.05, 0) is 32.4 Å². The molecule has 0 aliphatic carbocycles. The molecular formula is C9H17N3O2.